The third-order valence-corrected chi connectivity index (χ3v) is 3.83. The summed E-state index contributed by atoms with van der Waals surface area (Å²) < 4.78 is 7.80. The van der Waals surface area contributed by atoms with E-state index in [-0.39, 0.29) is 0 Å². The second-order valence-corrected chi connectivity index (χ2v) is 6.21. The molecule has 0 saturated heterocycles. The maximum absolute atomic E-state index is 6.15. The van der Waals surface area contributed by atoms with Gasteiger partial charge in [0.1, 0.15) is 11.5 Å². The van der Waals surface area contributed by atoms with E-state index in [1.54, 1.807) is 6.07 Å². The number of rotatable bonds is 4. The molecule has 19 heavy (non-hydrogen) atoms. The molecule has 0 aromatic heterocycles. The fraction of sp³-hybridized carbons (Fsp3) is 0.143. The minimum atomic E-state index is 0.566. The van der Waals surface area contributed by atoms with E-state index in [1.165, 1.54) is 0 Å². The number of nitrogens with two attached hydrogens (primary N) is 1. The van der Waals surface area contributed by atoms with Crippen molar-refractivity contribution in [1.29, 1.82) is 0 Å². The Kier molecular flexibility index (Phi) is 5.28. The predicted molar refractivity (Wildman–Crippen MR) is 86.1 cm³/mol. The average Bonchev–Trinajstić information content (AvgIpc) is 2.36. The Hall–Kier alpha value is -0.550. The molecule has 0 aliphatic rings. The van der Waals surface area contributed by atoms with E-state index in [0.717, 1.165) is 26.7 Å². The third-order valence-electron chi connectivity index (χ3n) is 2.55. The Morgan fingerprint density at radius 3 is 2.26 bits per heavy atom. The van der Waals surface area contributed by atoms with E-state index in [1.807, 2.05) is 30.3 Å². The summed E-state index contributed by atoms with van der Waals surface area (Å²) in [5.41, 5.74) is 6.67. The van der Waals surface area contributed by atoms with Gasteiger partial charge in [0.15, 0.2) is 0 Å². The summed E-state index contributed by atoms with van der Waals surface area (Å²) in [6.07, 6.45) is 0.753. The molecule has 0 aliphatic carbocycles. The van der Waals surface area contributed by atoms with Crippen LogP contribution in [0.15, 0.2) is 45.3 Å². The highest BCUT2D eigenvalue weighted by Crippen LogP contribution is 2.34. The number of halogens is 3. The molecular weight excluding hydrogens is 393 g/mol. The number of ether oxygens (including phenoxy) is 1. The van der Waals surface area contributed by atoms with Gasteiger partial charge in [0.2, 0.25) is 0 Å². The van der Waals surface area contributed by atoms with Crippen molar-refractivity contribution < 1.29 is 4.74 Å². The molecule has 2 nitrogen and oxygen atoms in total. The van der Waals surface area contributed by atoms with Gasteiger partial charge < -0.3 is 10.5 Å². The van der Waals surface area contributed by atoms with Gasteiger partial charge in [0.05, 0.1) is 5.02 Å². The van der Waals surface area contributed by atoms with Crippen LogP contribution in [0.3, 0.4) is 0 Å². The summed E-state index contributed by atoms with van der Waals surface area (Å²) in [4.78, 5) is 0. The zero-order chi connectivity index (χ0) is 13.8. The van der Waals surface area contributed by atoms with Crippen molar-refractivity contribution in [3.05, 3.63) is 55.9 Å². The van der Waals surface area contributed by atoms with Crippen LogP contribution >= 0.6 is 43.5 Å². The molecule has 0 aliphatic heterocycles. The van der Waals surface area contributed by atoms with E-state index in [2.05, 4.69) is 31.9 Å². The second kappa shape index (κ2) is 6.75. The maximum Gasteiger partial charge on any atom is 0.146 e. The normalized spacial score (nSPS) is 10.5. The van der Waals surface area contributed by atoms with Crippen LogP contribution < -0.4 is 10.5 Å². The molecule has 0 unspecified atom stereocenters. The van der Waals surface area contributed by atoms with Gasteiger partial charge in [0.25, 0.3) is 0 Å². The van der Waals surface area contributed by atoms with Gasteiger partial charge in [-0.25, -0.2) is 0 Å². The van der Waals surface area contributed by atoms with E-state index < -0.39 is 0 Å². The fourth-order valence-electron chi connectivity index (χ4n) is 1.67. The SMILES string of the molecule is NCCc1cc(Br)ccc1Oc1ccc(Br)cc1Cl. The molecule has 0 amide bonds. The topological polar surface area (TPSA) is 35.2 Å². The average molecular weight is 406 g/mol. The number of benzene rings is 2. The van der Waals surface area contributed by atoms with Gasteiger partial charge in [-0.2, -0.15) is 0 Å². The van der Waals surface area contributed by atoms with Crippen molar-refractivity contribution in [3.8, 4) is 11.5 Å². The molecule has 2 aromatic rings. The summed E-state index contributed by atoms with van der Waals surface area (Å²) in [6.45, 7) is 0.570. The zero-order valence-electron chi connectivity index (χ0n) is 10.00. The molecule has 2 aromatic carbocycles. The van der Waals surface area contributed by atoms with Crippen molar-refractivity contribution in [3.63, 3.8) is 0 Å². The lowest BCUT2D eigenvalue weighted by Gasteiger charge is -2.12. The minimum Gasteiger partial charge on any atom is -0.456 e. The van der Waals surface area contributed by atoms with Crippen molar-refractivity contribution in [1.82, 2.24) is 0 Å². The molecule has 100 valence electrons. The maximum atomic E-state index is 6.15. The molecule has 2 rings (SSSR count). The van der Waals surface area contributed by atoms with E-state index >= 15 is 0 Å². The Balaban J connectivity index is 2.32. The van der Waals surface area contributed by atoms with Crippen molar-refractivity contribution >= 4 is 43.5 Å². The summed E-state index contributed by atoms with van der Waals surface area (Å²) in [7, 11) is 0. The largest absolute Gasteiger partial charge is 0.456 e. The number of hydrogen-bond donors (Lipinski definition) is 1. The summed E-state index contributed by atoms with van der Waals surface area (Å²) in [5.74, 6) is 1.41. The van der Waals surface area contributed by atoms with Crippen molar-refractivity contribution in [2.75, 3.05) is 6.54 Å². The quantitative estimate of drug-likeness (QED) is 0.763. The lowest BCUT2D eigenvalue weighted by Crippen LogP contribution is -2.04. The van der Waals surface area contributed by atoms with Crippen molar-refractivity contribution in [2.24, 2.45) is 5.73 Å². The van der Waals surface area contributed by atoms with Crippen LogP contribution in [0, 0.1) is 0 Å². The molecule has 0 bridgehead atoms. The Morgan fingerprint density at radius 2 is 1.63 bits per heavy atom. The standard InChI is InChI=1S/C14H12Br2ClNO/c15-10-1-3-13(9(7-10)5-6-18)19-14-4-2-11(16)8-12(14)17/h1-4,7-8H,5-6,18H2. The lowest BCUT2D eigenvalue weighted by molar-refractivity contribution is 0.476. The van der Waals surface area contributed by atoms with Crippen LogP contribution in [-0.4, -0.2) is 6.54 Å². The fourth-order valence-corrected chi connectivity index (χ4v) is 2.80. The first kappa shape index (κ1) is 14.9. The van der Waals surface area contributed by atoms with E-state index in [4.69, 9.17) is 22.1 Å². The predicted octanol–water partition coefficient (Wildman–Crippen LogP) is 5.16. The van der Waals surface area contributed by atoms with Crippen LogP contribution in [0.4, 0.5) is 0 Å². The first-order valence-electron chi connectivity index (χ1n) is 5.71. The highest BCUT2D eigenvalue weighted by Gasteiger charge is 2.08. The van der Waals surface area contributed by atoms with Crippen LogP contribution in [-0.2, 0) is 6.42 Å². The third kappa shape index (κ3) is 3.96. The minimum absolute atomic E-state index is 0.566. The highest BCUT2D eigenvalue weighted by atomic mass is 79.9. The molecule has 0 radical (unpaired) electrons. The molecular formula is C14H12Br2ClNO. The Morgan fingerprint density at radius 1 is 1.00 bits per heavy atom. The van der Waals surface area contributed by atoms with Gasteiger partial charge >= 0.3 is 0 Å². The lowest BCUT2D eigenvalue weighted by atomic mass is 10.1. The van der Waals surface area contributed by atoms with Gasteiger partial charge in [-0.1, -0.05) is 43.5 Å². The Bertz CT molecular complexity index is 590. The van der Waals surface area contributed by atoms with E-state index in [0.29, 0.717) is 17.3 Å². The molecule has 0 spiro atoms. The van der Waals surface area contributed by atoms with Gasteiger partial charge in [-0.05, 0) is 54.9 Å². The molecule has 0 fully saturated rings. The summed E-state index contributed by atoms with van der Waals surface area (Å²) >= 11 is 13.0. The molecule has 2 N–H and O–H groups in total. The second-order valence-electron chi connectivity index (χ2n) is 3.97. The molecule has 5 heteroatoms. The van der Waals surface area contributed by atoms with Crippen LogP contribution in [0.5, 0.6) is 11.5 Å². The number of hydrogen-bond acceptors (Lipinski definition) is 2. The molecule has 0 heterocycles. The van der Waals surface area contributed by atoms with Crippen LogP contribution in [0.25, 0.3) is 0 Å². The smallest absolute Gasteiger partial charge is 0.146 e. The first-order chi connectivity index (χ1) is 9.10. The summed E-state index contributed by atoms with van der Waals surface area (Å²) in [6, 6.07) is 11.4. The van der Waals surface area contributed by atoms with Gasteiger partial charge in [-0.15, -0.1) is 0 Å². The molecule has 0 atom stereocenters. The zero-order valence-corrected chi connectivity index (χ0v) is 13.9. The van der Waals surface area contributed by atoms with Crippen LogP contribution in [0.1, 0.15) is 5.56 Å². The summed E-state index contributed by atoms with van der Waals surface area (Å²) in [5, 5.41) is 0.566. The van der Waals surface area contributed by atoms with Gasteiger partial charge in [0, 0.05) is 8.95 Å². The first-order valence-corrected chi connectivity index (χ1v) is 7.68. The highest BCUT2D eigenvalue weighted by molar-refractivity contribution is 9.10. The van der Waals surface area contributed by atoms with E-state index in [9.17, 15) is 0 Å². The Labute approximate surface area is 134 Å². The monoisotopic (exact) mass is 403 g/mol. The van der Waals surface area contributed by atoms with Gasteiger partial charge in [-0.3, -0.25) is 0 Å². The van der Waals surface area contributed by atoms with Crippen LogP contribution in [0.2, 0.25) is 5.02 Å². The molecule has 0 saturated carbocycles. The van der Waals surface area contributed by atoms with Crippen molar-refractivity contribution in [2.45, 2.75) is 6.42 Å².